The van der Waals surface area contributed by atoms with Gasteiger partial charge >= 0.3 is 0 Å². The number of hydrogen-bond donors (Lipinski definition) is 1. The number of allylic oxidation sites excluding steroid dienone is 2. The van der Waals surface area contributed by atoms with Crippen LogP contribution in [-0.2, 0) is 0 Å². The van der Waals surface area contributed by atoms with Crippen molar-refractivity contribution in [3.63, 3.8) is 0 Å². The second-order valence-corrected chi connectivity index (χ2v) is 6.88. The van der Waals surface area contributed by atoms with E-state index in [1.54, 1.807) is 11.1 Å². The van der Waals surface area contributed by atoms with Gasteiger partial charge in [0.25, 0.3) is 0 Å². The van der Waals surface area contributed by atoms with E-state index in [9.17, 15) is 0 Å². The van der Waals surface area contributed by atoms with Gasteiger partial charge in [-0.3, -0.25) is 0 Å². The number of rotatable bonds is 7. The molecule has 1 nitrogen and oxygen atoms in total. The summed E-state index contributed by atoms with van der Waals surface area (Å²) in [5, 5.41) is 8.48. The highest BCUT2D eigenvalue weighted by Crippen LogP contribution is 2.62. The van der Waals surface area contributed by atoms with Crippen LogP contribution in [0.2, 0.25) is 0 Å². The van der Waals surface area contributed by atoms with Gasteiger partial charge < -0.3 is 5.41 Å². The first kappa shape index (κ1) is 13.8. The van der Waals surface area contributed by atoms with E-state index in [4.69, 9.17) is 5.41 Å². The molecule has 0 aromatic rings. The zero-order valence-corrected chi connectivity index (χ0v) is 12.6. The first-order valence-corrected chi connectivity index (χ1v) is 7.77. The van der Waals surface area contributed by atoms with Crippen molar-refractivity contribution in [3.05, 3.63) is 11.1 Å². The van der Waals surface area contributed by atoms with Crippen LogP contribution in [0.25, 0.3) is 0 Å². The van der Waals surface area contributed by atoms with Crippen LogP contribution in [-0.4, -0.2) is 5.71 Å². The fourth-order valence-electron chi connectivity index (χ4n) is 3.59. The molecule has 0 spiro atoms. The SMILES string of the molecule is CCCC1=C(C)CC1C1(C(=N)CCC(C)C)CC1. The molecule has 0 aromatic heterocycles. The second-order valence-electron chi connectivity index (χ2n) is 6.88. The summed E-state index contributed by atoms with van der Waals surface area (Å²) in [6, 6.07) is 0. The van der Waals surface area contributed by atoms with Crippen LogP contribution in [0.4, 0.5) is 0 Å². The highest BCUT2D eigenvalue weighted by molar-refractivity contribution is 5.91. The third-order valence-corrected chi connectivity index (χ3v) is 5.03. The highest BCUT2D eigenvalue weighted by atomic mass is 14.6. The summed E-state index contributed by atoms with van der Waals surface area (Å²) in [6.07, 6.45) is 8.61. The van der Waals surface area contributed by atoms with Crippen LogP contribution < -0.4 is 0 Å². The number of hydrogen-bond acceptors (Lipinski definition) is 1. The smallest absolute Gasteiger partial charge is 0.0157 e. The van der Waals surface area contributed by atoms with Gasteiger partial charge in [0.15, 0.2) is 0 Å². The average Bonchev–Trinajstić information content (AvgIpc) is 3.11. The molecule has 2 aliphatic rings. The molecule has 2 rings (SSSR count). The second kappa shape index (κ2) is 5.19. The molecule has 102 valence electrons. The molecule has 18 heavy (non-hydrogen) atoms. The maximum atomic E-state index is 8.48. The van der Waals surface area contributed by atoms with E-state index in [1.807, 2.05) is 0 Å². The lowest BCUT2D eigenvalue weighted by Gasteiger charge is -2.39. The summed E-state index contributed by atoms with van der Waals surface area (Å²) < 4.78 is 0. The topological polar surface area (TPSA) is 23.9 Å². The molecule has 0 aliphatic heterocycles. The lowest BCUT2D eigenvalue weighted by atomic mass is 9.65. The summed E-state index contributed by atoms with van der Waals surface area (Å²) in [4.78, 5) is 0. The molecule has 1 heteroatoms. The molecule has 0 radical (unpaired) electrons. The Labute approximate surface area is 113 Å². The van der Waals surface area contributed by atoms with Crippen LogP contribution in [0.15, 0.2) is 11.1 Å². The van der Waals surface area contributed by atoms with E-state index in [0.717, 1.165) is 24.0 Å². The van der Waals surface area contributed by atoms with Crippen LogP contribution in [0.3, 0.4) is 0 Å². The van der Waals surface area contributed by atoms with Crippen molar-refractivity contribution in [1.29, 1.82) is 5.41 Å². The van der Waals surface area contributed by atoms with Gasteiger partial charge in [0.05, 0.1) is 0 Å². The van der Waals surface area contributed by atoms with Gasteiger partial charge in [0.2, 0.25) is 0 Å². The lowest BCUT2D eigenvalue weighted by Crippen LogP contribution is -2.33. The van der Waals surface area contributed by atoms with E-state index in [1.165, 1.54) is 38.5 Å². The summed E-state index contributed by atoms with van der Waals surface area (Å²) in [7, 11) is 0. The first-order chi connectivity index (χ1) is 8.51. The third-order valence-electron chi connectivity index (χ3n) is 5.03. The van der Waals surface area contributed by atoms with Crippen LogP contribution in [0.1, 0.15) is 72.6 Å². The van der Waals surface area contributed by atoms with Crippen molar-refractivity contribution in [2.75, 3.05) is 0 Å². The standard InChI is InChI=1S/C17H29N/c1-5-6-14-13(4)11-15(14)17(9-10-17)16(18)8-7-12(2)3/h12,15,18H,5-11H2,1-4H3. The Morgan fingerprint density at radius 1 is 1.39 bits per heavy atom. The predicted molar refractivity (Wildman–Crippen MR) is 79.2 cm³/mol. The molecule has 1 saturated carbocycles. The van der Waals surface area contributed by atoms with Crippen molar-refractivity contribution in [3.8, 4) is 0 Å². The molecule has 1 unspecified atom stereocenters. The molecular weight excluding hydrogens is 218 g/mol. The Balaban J connectivity index is 1.98. The molecule has 0 heterocycles. The minimum Gasteiger partial charge on any atom is -0.309 e. The van der Waals surface area contributed by atoms with Crippen molar-refractivity contribution in [1.82, 2.24) is 0 Å². The first-order valence-electron chi connectivity index (χ1n) is 7.77. The molecular formula is C17H29N. The Morgan fingerprint density at radius 2 is 2.06 bits per heavy atom. The van der Waals surface area contributed by atoms with Crippen molar-refractivity contribution in [2.24, 2.45) is 17.3 Å². The Hall–Kier alpha value is -0.590. The van der Waals surface area contributed by atoms with Crippen molar-refractivity contribution < 1.29 is 0 Å². The fourth-order valence-corrected chi connectivity index (χ4v) is 3.59. The third kappa shape index (κ3) is 2.41. The molecule has 1 N–H and O–H groups in total. The molecule has 1 atom stereocenters. The zero-order chi connectivity index (χ0) is 13.3. The van der Waals surface area contributed by atoms with E-state index in [0.29, 0.717) is 5.41 Å². The van der Waals surface area contributed by atoms with E-state index < -0.39 is 0 Å². The molecule has 2 aliphatic carbocycles. The minimum absolute atomic E-state index is 0.318. The Bertz CT molecular complexity index is 358. The summed E-state index contributed by atoms with van der Waals surface area (Å²) >= 11 is 0. The molecule has 0 saturated heterocycles. The van der Waals surface area contributed by atoms with Crippen LogP contribution in [0.5, 0.6) is 0 Å². The van der Waals surface area contributed by atoms with Gasteiger partial charge in [0.1, 0.15) is 0 Å². The molecule has 0 amide bonds. The Morgan fingerprint density at radius 3 is 2.50 bits per heavy atom. The Kier molecular flexibility index (Phi) is 3.99. The largest absolute Gasteiger partial charge is 0.309 e. The summed E-state index contributed by atoms with van der Waals surface area (Å²) in [5.74, 6) is 1.48. The zero-order valence-electron chi connectivity index (χ0n) is 12.6. The van der Waals surface area contributed by atoms with Gasteiger partial charge in [-0.05, 0) is 57.3 Å². The minimum atomic E-state index is 0.318. The van der Waals surface area contributed by atoms with E-state index in [2.05, 4.69) is 27.7 Å². The van der Waals surface area contributed by atoms with Crippen molar-refractivity contribution >= 4 is 5.71 Å². The predicted octanol–water partition coefficient (Wildman–Crippen LogP) is 5.36. The van der Waals surface area contributed by atoms with Crippen LogP contribution >= 0.6 is 0 Å². The van der Waals surface area contributed by atoms with E-state index >= 15 is 0 Å². The van der Waals surface area contributed by atoms with Gasteiger partial charge in [-0.25, -0.2) is 0 Å². The maximum absolute atomic E-state index is 8.48. The normalized spacial score (nSPS) is 25.3. The summed E-state index contributed by atoms with van der Waals surface area (Å²) in [6.45, 7) is 9.11. The average molecular weight is 247 g/mol. The van der Waals surface area contributed by atoms with Gasteiger partial charge in [-0.1, -0.05) is 38.3 Å². The van der Waals surface area contributed by atoms with Gasteiger partial charge in [0, 0.05) is 11.1 Å². The fraction of sp³-hybridized carbons (Fsp3) is 0.824. The summed E-state index contributed by atoms with van der Waals surface area (Å²) in [5.41, 5.74) is 4.73. The molecule has 1 fully saturated rings. The van der Waals surface area contributed by atoms with Gasteiger partial charge in [-0.15, -0.1) is 0 Å². The number of nitrogens with one attached hydrogen (secondary N) is 1. The highest BCUT2D eigenvalue weighted by Gasteiger charge is 2.55. The van der Waals surface area contributed by atoms with Crippen LogP contribution in [0, 0.1) is 22.7 Å². The maximum Gasteiger partial charge on any atom is 0.0157 e. The molecule has 0 aromatic carbocycles. The quantitative estimate of drug-likeness (QED) is 0.462. The van der Waals surface area contributed by atoms with Gasteiger partial charge in [-0.2, -0.15) is 0 Å². The van der Waals surface area contributed by atoms with E-state index in [-0.39, 0.29) is 0 Å². The van der Waals surface area contributed by atoms with Crippen molar-refractivity contribution in [2.45, 2.75) is 72.6 Å². The monoisotopic (exact) mass is 247 g/mol. The lowest BCUT2D eigenvalue weighted by molar-refractivity contribution is 0.382. The molecule has 0 bridgehead atoms.